The van der Waals surface area contributed by atoms with E-state index in [1.165, 1.54) is 180 Å². The predicted molar refractivity (Wildman–Crippen MR) is 295 cm³/mol. The molecule has 0 aliphatic carbocycles. The van der Waals surface area contributed by atoms with E-state index in [1.54, 1.807) is 0 Å². The van der Waals surface area contributed by atoms with Crippen molar-refractivity contribution < 1.29 is 28.6 Å². The SMILES string of the molecule is CCCCCCCCCCCCCCCCCC(=O)OCC(COC(=O)CCCCCCCCC(S)CCC(S)CCCCC)OC(=O)CCCCCCC(S)CCCCCCCCCC. The summed E-state index contributed by atoms with van der Waals surface area (Å²) < 4.78 is 16.9. The first kappa shape index (κ1) is 65.5. The number of hydrogen-bond donors (Lipinski definition) is 3. The van der Waals surface area contributed by atoms with Gasteiger partial charge in [0.2, 0.25) is 0 Å². The van der Waals surface area contributed by atoms with Crippen LogP contribution in [-0.4, -0.2) is 53.0 Å². The van der Waals surface area contributed by atoms with Gasteiger partial charge in [0.25, 0.3) is 0 Å². The lowest BCUT2D eigenvalue weighted by atomic mass is 10.0. The molecule has 0 rings (SSSR count). The largest absolute Gasteiger partial charge is 0.462 e. The first-order valence-electron chi connectivity index (χ1n) is 28.8. The Bertz CT molecular complexity index is 1050. The Labute approximate surface area is 426 Å². The van der Waals surface area contributed by atoms with E-state index < -0.39 is 6.10 Å². The normalized spacial score (nSPS) is 13.4. The summed E-state index contributed by atoms with van der Waals surface area (Å²) in [4.78, 5) is 38.3. The molecule has 66 heavy (non-hydrogen) atoms. The van der Waals surface area contributed by atoms with Crippen LogP contribution in [0.2, 0.25) is 0 Å². The van der Waals surface area contributed by atoms with Crippen LogP contribution >= 0.6 is 37.9 Å². The molecule has 0 aromatic carbocycles. The average Bonchev–Trinajstić information content (AvgIpc) is 3.30. The molecule has 4 atom stereocenters. The van der Waals surface area contributed by atoms with Gasteiger partial charge in [0, 0.05) is 35.0 Å². The van der Waals surface area contributed by atoms with E-state index >= 15 is 0 Å². The Kier molecular flexibility index (Phi) is 51.9. The monoisotopic (exact) mass is 987 g/mol. The van der Waals surface area contributed by atoms with Gasteiger partial charge in [-0.3, -0.25) is 14.4 Å². The van der Waals surface area contributed by atoms with Crippen LogP contribution in [0.4, 0.5) is 0 Å². The first-order valence-corrected chi connectivity index (χ1v) is 30.3. The lowest BCUT2D eigenvalue weighted by Crippen LogP contribution is -2.30. The minimum atomic E-state index is -0.789. The zero-order chi connectivity index (χ0) is 48.4. The van der Waals surface area contributed by atoms with E-state index in [-0.39, 0.29) is 31.1 Å². The summed E-state index contributed by atoms with van der Waals surface area (Å²) in [7, 11) is 0. The highest BCUT2D eigenvalue weighted by Gasteiger charge is 2.20. The van der Waals surface area contributed by atoms with Gasteiger partial charge < -0.3 is 14.2 Å². The van der Waals surface area contributed by atoms with E-state index in [0.29, 0.717) is 35.0 Å². The third-order valence-electron chi connectivity index (χ3n) is 13.3. The second-order valence-corrected chi connectivity index (χ2v) is 22.3. The van der Waals surface area contributed by atoms with E-state index in [9.17, 15) is 14.4 Å². The summed E-state index contributed by atoms with van der Waals surface area (Å²) >= 11 is 14.4. The number of esters is 3. The Balaban J connectivity index is 4.44. The summed E-state index contributed by atoms with van der Waals surface area (Å²) in [6.45, 7) is 6.61. The second-order valence-electron chi connectivity index (χ2n) is 20.1. The van der Waals surface area contributed by atoms with Crippen LogP contribution in [0.15, 0.2) is 0 Å². The van der Waals surface area contributed by atoms with Gasteiger partial charge in [0.15, 0.2) is 6.10 Å². The van der Waals surface area contributed by atoms with E-state index in [4.69, 9.17) is 52.1 Å². The smallest absolute Gasteiger partial charge is 0.306 e. The number of unbranched alkanes of at least 4 members (excludes halogenated alkanes) is 31. The van der Waals surface area contributed by atoms with Crippen LogP contribution in [0, 0.1) is 0 Å². The molecule has 0 aromatic rings. The highest BCUT2D eigenvalue weighted by Crippen LogP contribution is 2.22. The third kappa shape index (κ3) is 49.9. The highest BCUT2D eigenvalue weighted by atomic mass is 32.1. The van der Waals surface area contributed by atoms with Crippen LogP contribution in [0.5, 0.6) is 0 Å². The number of carbonyl (C=O) groups is 3. The molecule has 9 heteroatoms. The fourth-order valence-corrected chi connectivity index (χ4v) is 9.87. The summed E-state index contributed by atoms with van der Waals surface area (Å²) in [6, 6.07) is 0. The van der Waals surface area contributed by atoms with Gasteiger partial charge in [-0.1, -0.05) is 233 Å². The Morgan fingerprint density at radius 3 is 0.848 bits per heavy atom. The minimum absolute atomic E-state index is 0.0832. The second kappa shape index (κ2) is 52.3. The average molecular weight is 988 g/mol. The van der Waals surface area contributed by atoms with Crippen molar-refractivity contribution in [2.75, 3.05) is 13.2 Å². The van der Waals surface area contributed by atoms with Gasteiger partial charge in [0.05, 0.1) is 0 Å². The van der Waals surface area contributed by atoms with Crippen LogP contribution in [0.1, 0.15) is 310 Å². The fraction of sp³-hybridized carbons (Fsp3) is 0.947. The lowest BCUT2D eigenvalue weighted by molar-refractivity contribution is -0.167. The molecule has 0 heterocycles. The Hall–Kier alpha value is -0.540. The molecule has 0 fully saturated rings. The maximum atomic E-state index is 12.9. The van der Waals surface area contributed by atoms with Crippen LogP contribution < -0.4 is 0 Å². The molecule has 0 radical (unpaired) electrons. The summed E-state index contributed by atoms with van der Waals surface area (Å²) in [5.41, 5.74) is 0. The van der Waals surface area contributed by atoms with E-state index in [0.717, 1.165) is 89.9 Å². The number of hydrogen-bond acceptors (Lipinski definition) is 9. The molecule has 0 N–H and O–H groups in total. The van der Waals surface area contributed by atoms with Gasteiger partial charge in [-0.15, -0.1) is 0 Å². The molecule has 0 spiro atoms. The molecule has 0 saturated carbocycles. The van der Waals surface area contributed by atoms with E-state index in [1.807, 2.05) is 0 Å². The molecule has 0 bridgehead atoms. The van der Waals surface area contributed by atoms with Crippen molar-refractivity contribution in [2.24, 2.45) is 0 Å². The van der Waals surface area contributed by atoms with Crippen molar-refractivity contribution >= 4 is 55.8 Å². The van der Waals surface area contributed by atoms with Crippen molar-refractivity contribution in [3.63, 3.8) is 0 Å². The molecular formula is C57H110O6S3. The molecule has 0 aliphatic heterocycles. The zero-order valence-electron chi connectivity index (χ0n) is 43.8. The van der Waals surface area contributed by atoms with Crippen molar-refractivity contribution in [3.05, 3.63) is 0 Å². The molecule has 392 valence electrons. The molecule has 0 aliphatic rings. The fourth-order valence-electron chi connectivity index (χ4n) is 8.84. The molecule has 0 aromatic heterocycles. The third-order valence-corrected chi connectivity index (χ3v) is 14.9. The minimum Gasteiger partial charge on any atom is -0.462 e. The summed E-state index contributed by atoms with van der Waals surface area (Å²) in [5, 5.41) is 1.43. The predicted octanol–water partition coefficient (Wildman–Crippen LogP) is 18.5. The molecule has 0 amide bonds. The highest BCUT2D eigenvalue weighted by molar-refractivity contribution is 7.81. The summed E-state index contributed by atoms with van der Waals surface area (Å²) in [6.07, 6.45) is 51.3. The molecule has 4 unspecified atom stereocenters. The first-order chi connectivity index (χ1) is 32.2. The van der Waals surface area contributed by atoms with Crippen LogP contribution in [-0.2, 0) is 28.6 Å². The Morgan fingerprint density at radius 1 is 0.303 bits per heavy atom. The lowest BCUT2D eigenvalue weighted by Gasteiger charge is -2.18. The standard InChI is InChI=1S/C57H110O6S3/c1-4-7-10-12-14-16-17-18-19-20-21-22-24-29-37-44-55(58)61-49-51(63-57(60)46-39-32-31-36-42-52(64)41-34-27-23-15-13-11-8-5-2)50-62-56(59)45-38-30-26-25-28-35-43-54(66)48-47-53(65)40-33-9-6-3/h51-54,64-66H,4-50H2,1-3H3. The van der Waals surface area contributed by atoms with Gasteiger partial charge in [0.1, 0.15) is 13.2 Å². The quantitative estimate of drug-likeness (QED) is 0.0244. The van der Waals surface area contributed by atoms with Crippen molar-refractivity contribution in [3.8, 4) is 0 Å². The maximum Gasteiger partial charge on any atom is 0.306 e. The van der Waals surface area contributed by atoms with Gasteiger partial charge in [-0.25, -0.2) is 0 Å². The van der Waals surface area contributed by atoms with Gasteiger partial charge in [-0.2, -0.15) is 37.9 Å². The van der Waals surface area contributed by atoms with Gasteiger partial charge in [-0.05, 0) is 57.8 Å². The Morgan fingerprint density at radius 2 is 0.530 bits per heavy atom. The summed E-state index contributed by atoms with van der Waals surface area (Å²) in [5.74, 6) is -0.898. The molecule has 0 saturated heterocycles. The maximum absolute atomic E-state index is 12.9. The molecule has 6 nitrogen and oxygen atoms in total. The van der Waals surface area contributed by atoms with E-state index in [2.05, 4.69) is 20.8 Å². The topological polar surface area (TPSA) is 78.9 Å². The number of ether oxygens (including phenoxy) is 3. The van der Waals surface area contributed by atoms with Gasteiger partial charge >= 0.3 is 17.9 Å². The molecular weight excluding hydrogens is 877 g/mol. The van der Waals surface area contributed by atoms with Crippen molar-refractivity contribution in [1.82, 2.24) is 0 Å². The number of carbonyl (C=O) groups excluding carboxylic acids is 3. The zero-order valence-corrected chi connectivity index (χ0v) is 46.5. The van der Waals surface area contributed by atoms with Crippen LogP contribution in [0.3, 0.4) is 0 Å². The van der Waals surface area contributed by atoms with Crippen molar-refractivity contribution in [2.45, 2.75) is 332 Å². The van der Waals surface area contributed by atoms with Crippen molar-refractivity contribution in [1.29, 1.82) is 0 Å². The number of rotatable bonds is 53. The van der Waals surface area contributed by atoms with Crippen LogP contribution in [0.25, 0.3) is 0 Å². The number of thiol groups is 3.